The van der Waals surface area contributed by atoms with Gasteiger partial charge in [0.05, 0.1) is 0 Å². The maximum Gasteiger partial charge on any atom is 0.405 e. The molecular weight excluding hydrogens is 247 g/mol. The second-order valence-corrected chi connectivity index (χ2v) is 4.05. The van der Waals surface area contributed by atoms with Gasteiger partial charge in [0.2, 0.25) is 0 Å². The van der Waals surface area contributed by atoms with Crippen molar-refractivity contribution in [2.75, 3.05) is 20.1 Å². The van der Waals surface area contributed by atoms with Gasteiger partial charge >= 0.3 is 6.18 Å². The predicted octanol–water partition coefficient (Wildman–Crippen LogP) is -0.688. The van der Waals surface area contributed by atoms with Crippen molar-refractivity contribution in [3.63, 3.8) is 0 Å². The van der Waals surface area contributed by atoms with Gasteiger partial charge in [0.1, 0.15) is 6.04 Å². The molecule has 5 nitrogen and oxygen atoms in total. The van der Waals surface area contributed by atoms with Crippen molar-refractivity contribution in [1.82, 2.24) is 10.2 Å². The number of piperazine rings is 1. The Hall–Kier alpha value is -0.380. The van der Waals surface area contributed by atoms with Crippen molar-refractivity contribution in [1.29, 1.82) is 0 Å². The van der Waals surface area contributed by atoms with Gasteiger partial charge in [-0.15, -0.1) is 0 Å². The molecule has 0 spiro atoms. The lowest BCUT2D eigenvalue weighted by molar-refractivity contribution is -0.173. The SMILES string of the molecule is CC1C(C(F)(F)F)NCCN1C.N[SH](=O)=O. The van der Waals surface area contributed by atoms with E-state index < -0.39 is 29.2 Å². The molecule has 0 aliphatic carbocycles. The summed E-state index contributed by atoms with van der Waals surface area (Å²) in [4.78, 5) is 1.72. The molecule has 1 aliphatic heterocycles. The quantitative estimate of drug-likeness (QED) is 0.506. The van der Waals surface area contributed by atoms with Crippen molar-refractivity contribution >= 4 is 10.9 Å². The molecule has 3 N–H and O–H groups in total. The summed E-state index contributed by atoms with van der Waals surface area (Å²) in [5, 5.41) is 6.54. The summed E-state index contributed by atoms with van der Waals surface area (Å²) in [7, 11) is -0.908. The van der Waals surface area contributed by atoms with Crippen LogP contribution in [0.2, 0.25) is 0 Å². The zero-order valence-electron chi connectivity index (χ0n) is 8.99. The van der Waals surface area contributed by atoms with Crippen LogP contribution in [0, 0.1) is 0 Å². The first-order chi connectivity index (χ1) is 7.16. The summed E-state index contributed by atoms with van der Waals surface area (Å²) in [6.45, 7) is 2.67. The summed E-state index contributed by atoms with van der Waals surface area (Å²) >= 11 is 0. The van der Waals surface area contributed by atoms with Crippen LogP contribution in [-0.2, 0) is 10.9 Å². The molecule has 1 aliphatic rings. The monoisotopic (exact) mass is 263 g/mol. The van der Waals surface area contributed by atoms with Crippen LogP contribution in [0.25, 0.3) is 0 Å². The number of nitrogens with zero attached hydrogens (tertiary/aromatic N) is 1. The number of hydrogen-bond donors (Lipinski definition) is 3. The highest BCUT2D eigenvalue weighted by Gasteiger charge is 2.45. The zero-order chi connectivity index (χ0) is 12.9. The molecule has 0 amide bonds. The Labute approximate surface area is 93.9 Å². The van der Waals surface area contributed by atoms with Crippen molar-refractivity contribution in [2.24, 2.45) is 5.14 Å². The first-order valence-electron chi connectivity index (χ1n) is 4.55. The number of alkyl halides is 3. The maximum absolute atomic E-state index is 12.3. The fourth-order valence-electron chi connectivity index (χ4n) is 1.41. The minimum atomic E-state index is -4.13. The van der Waals surface area contributed by atoms with Crippen LogP contribution in [0.4, 0.5) is 13.2 Å². The Morgan fingerprint density at radius 1 is 1.44 bits per heavy atom. The highest BCUT2D eigenvalue weighted by atomic mass is 32.2. The lowest BCUT2D eigenvalue weighted by atomic mass is 10.1. The number of rotatable bonds is 0. The van der Waals surface area contributed by atoms with Gasteiger partial charge in [-0.1, -0.05) is 0 Å². The molecule has 1 heterocycles. The highest BCUT2D eigenvalue weighted by Crippen LogP contribution is 2.25. The molecule has 9 heteroatoms. The summed E-state index contributed by atoms with van der Waals surface area (Å²) in [5.41, 5.74) is 0. The lowest BCUT2D eigenvalue weighted by Gasteiger charge is -2.38. The minimum Gasteiger partial charge on any atom is -0.304 e. The van der Waals surface area contributed by atoms with E-state index in [4.69, 9.17) is 8.42 Å². The number of likely N-dealkylation sites (N-methyl/N-ethyl adjacent to an activating group) is 1. The van der Waals surface area contributed by atoms with Crippen molar-refractivity contribution < 1.29 is 21.6 Å². The van der Waals surface area contributed by atoms with Gasteiger partial charge in [-0.25, -0.2) is 13.6 Å². The largest absolute Gasteiger partial charge is 0.405 e. The first-order valence-corrected chi connectivity index (χ1v) is 5.80. The Morgan fingerprint density at radius 2 is 1.88 bits per heavy atom. The van der Waals surface area contributed by atoms with Gasteiger partial charge in [-0.05, 0) is 14.0 Å². The van der Waals surface area contributed by atoms with Crippen LogP contribution >= 0.6 is 0 Å². The molecule has 16 heavy (non-hydrogen) atoms. The van der Waals surface area contributed by atoms with Crippen LogP contribution < -0.4 is 10.5 Å². The Kier molecular flexibility index (Phi) is 6.23. The Balaban J connectivity index is 0.000000487. The van der Waals surface area contributed by atoms with Gasteiger partial charge in [-0.2, -0.15) is 13.2 Å². The summed E-state index contributed by atoms with van der Waals surface area (Å²) in [6.07, 6.45) is -4.13. The molecule has 2 unspecified atom stereocenters. The van der Waals surface area contributed by atoms with E-state index in [-0.39, 0.29) is 0 Å². The number of nitrogens with two attached hydrogens (primary N) is 1. The van der Waals surface area contributed by atoms with Crippen LogP contribution in [0.1, 0.15) is 6.92 Å². The standard InChI is InChI=1S/C7H13F3N2.H3NO2S/c1-5-6(7(8,9)10)11-3-4-12(5)2;1-4(2)3/h5-6,11H,3-4H2,1-2H3;4H,(H2,1,2,3). The predicted molar refractivity (Wildman–Crippen MR) is 54.4 cm³/mol. The van der Waals surface area contributed by atoms with E-state index in [1.165, 1.54) is 0 Å². The fraction of sp³-hybridized carbons (Fsp3) is 1.00. The second kappa shape index (κ2) is 6.38. The average Bonchev–Trinajstić information content (AvgIpc) is 2.06. The highest BCUT2D eigenvalue weighted by molar-refractivity contribution is 7.69. The third kappa shape index (κ3) is 5.64. The molecule has 0 aromatic heterocycles. The van der Waals surface area contributed by atoms with Crippen molar-refractivity contribution in [3.05, 3.63) is 0 Å². The van der Waals surface area contributed by atoms with E-state index in [1.807, 2.05) is 0 Å². The van der Waals surface area contributed by atoms with E-state index in [0.29, 0.717) is 13.1 Å². The smallest absolute Gasteiger partial charge is 0.304 e. The lowest BCUT2D eigenvalue weighted by Crippen LogP contribution is -2.61. The molecule has 0 radical (unpaired) electrons. The van der Waals surface area contributed by atoms with Gasteiger partial charge in [0, 0.05) is 19.1 Å². The topological polar surface area (TPSA) is 75.4 Å². The van der Waals surface area contributed by atoms with Crippen LogP contribution in [0.15, 0.2) is 0 Å². The third-order valence-electron chi connectivity index (χ3n) is 2.36. The van der Waals surface area contributed by atoms with Crippen molar-refractivity contribution in [2.45, 2.75) is 25.2 Å². The molecule has 0 aromatic carbocycles. The molecule has 0 aromatic rings. The summed E-state index contributed by atoms with van der Waals surface area (Å²) in [5.74, 6) is 0. The van der Waals surface area contributed by atoms with Gasteiger partial charge < -0.3 is 10.2 Å². The van der Waals surface area contributed by atoms with Gasteiger partial charge in [0.25, 0.3) is 0 Å². The molecule has 1 saturated heterocycles. The molecule has 2 atom stereocenters. The van der Waals surface area contributed by atoms with Crippen LogP contribution in [-0.4, -0.2) is 51.7 Å². The van der Waals surface area contributed by atoms with E-state index in [0.717, 1.165) is 0 Å². The molecule has 0 bridgehead atoms. The number of halogens is 3. The number of hydrogen-bond acceptors (Lipinski definition) is 4. The maximum atomic E-state index is 12.3. The average molecular weight is 263 g/mol. The molecule has 0 saturated carbocycles. The Bertz CT molecular complexity index is 275. The third-order valence-corrected chi connectivity index (χ3v) is 2.36. The Morgan fingerprint density at radius 3 is 2.19 bits per heavy atom. The fourth-order valence-corrected chi connectivity index (χ4v) is 1.41. The summed E-state index contributed by atoms with van der Waals surface area (Å²) in [6, 6.07) is -1.85. The van der Waals surface area contributed by atoms with E-state index in [2.05, 4.69) is 10.5 Å². The van der Waals surface area contributed by atoms with Crippen molar-refractivity contribution in [3.8, 4) is 0 Å². The van der Waals surface area contributed by atoms with E-state index in [1.54, 1.807) is 18.9 Å². The van der Waals surface area contributed by atoms with Gasteiger partial charge in [0.15, 0.2) is 10.9 Å². The van der Waals surface area contributed by atoms with Gasteiger partial charge in [-0.3, -0.25) is 0 Å². The van der Waals surface area contributed by atoms with Crippen LogP contribution in [0.3, 0.4) is 0 Å². The number of thiol groups is 1. The zero-order valence-corrected chi connectivity index (χ0v) is 9.89. The van der Waals surface area contributed by atoms with E-state index in [9.17, 15) is 13.2 Å². The normalized spacial score (nSPS) is 27.4. The number of nitrogens with one attached hydrogen (secondary N) is 1. The molecular formula is C7H16F3N3O2S. The minimum absolute atomic E-state index is 0.408. The second-order valence-electron chi connectivity index (χ2n) is 3.48. The van der Waals surface area contributed by atoms with Crippen LogP contribution in [0.5, 0.6) is 0 Å². The molecule has 1 fully saturated rings. The first kappa shape index (κ1) is 15.6. The van der Waals surface area contributed by atoms with E-state index >= 15 is 0 Å². The molecule has 98 valence electrons. The molecule has 1 rings (SSSR count). The summed E-state index contributed by atoms with van der Waals surface area (Å²) < 4.78 is 54.5.